The molecule has 0 bridgehead atoms. The van der Waals surface area contributed by atoms with Gasteiger partial charge in [-0.3, -0.25) is 9.69 Å². The fraction of sp³-hybridized carbons (Fsp3) is 0.368. The van der Waals surface area contributed by atoms with Crippen LogP contribution in [0.5, 0.6) is 5.75 Å². The summed E-state index contributed by atoms with van der Waals surface area (Å²) in [7, 11) is 0. The number of H-pyrrole nitrogens is 1. The van der Waals surface area contributed by atoms with Crippen LogP contribution in [0.25, 0.3) is 0 Å². The van der Waals surface area contributed by atoms with Crippen molar-refractivity contribution in [2.45, 2.75) is 20.0 Å². The number of aromatic nitrogens is 1. The van der Waals surface area contributed by atoms with Gasteiger partial charge in [-0.25, -0.2) is 4.98 Å². The van der Waals surface area contributed by atoms with E-state index in [2.05, 4.69) is 9.88 Å². The predicted octanol–water partition coefficient (Wildman–Crippen LogP) is 2.58. The molecule has 5 nitrogen and oxygen atoms in total. The minimum atomic E-state index is -0.518. The van der Waals surface area contributed by atoms with Crippen molar-refractivity contribution in [2.75, 3.05) is 31.1 Å². The van der Waals surface area contributed by atoms with Crippen molar-refractivity contribution in [3.8, 4) is 5.75 Å². The first kappa shape index (κ1) is 17.5. The number of carbonyl (C=O) groups is 1. The third-order valence-corrected chi connectivity index (χ3v) is 4.84. The van der Waals surface area contributed by atoms with Gasteiger partial charge in [0, 0.05) is 11.1 Å². The quantitative estimate of drug-likeness (QED) is 0.842. The van der Waals surface area contributed by atoms with E-state index in [-0.39, 0.29) is 5.91 Å². The maximum atomic E-state index is 12.6. The van der Waals surface area contributed by atoms with Gasteiger partial charge in [-0.05, 0) is 43.7 Å². The molecule has 0 saturated carbocycles. The Morgan fingerprint density at radius 3 is 2.60 bits per heavy atom. The van der Waals surface area contributed by atoms with Gasteiger partial charge >= 0.3 is 0 Å². The molecule has 1 fully saturated rings. The van der Waals surface area contributed by atoms with E-state index < -0.39 is 6.10 Å². The molecule has 1 aromatic carbocycles. The number of carbonyl (C=O) groups excluding carboxylic acids is 1. The van der Waals surface area contributed by atoms with E-state index >= 15 is 0 Å². The minimum absolute atomic E-state index is 0.0179. The van der Waals surface area contributed by atoms with E-state index in [0.717, 1.165) is 24.5 Å². The molecule has 0 unspecified atom stereocenters. The van der Waals surface area contributed by atoms with Crippen molar-refractivity contribution in [1.82, 2.24) is 4.90 Å². The topological polar surface area (TPSA) is 46.9 Å². The smallest absolute Gasteiger partial charge is 0.274 e. The lowest BCUT2D eigenvalue weighted by atomic mass is 10.2. The molecule has 132 valence electrons. The van der Waals surface area contributed by atoms with Gasteiger partial charge in [0.15, 0.2) is 6.10 Å². The second-order valence-electron chi connectivity index (χ2n) is 6.23. The van der Waals surface area contributed by atoms with Gasteiger partial charge < -0.3 is 9.64 Å². The maximum absolute atomic E-state index is 12.6. The molecule has 25 heavy (non-hydrogen) atoms. The normalized spacial score (nSPS) is 15.8. The Hall–Kier alpha value is -2.27. The third kappa shape index (κ3) is 4.23. The summed E-state index contributed by atoms with van der Waals surface area (Å²) in [5.74, 6) is 1.76. The average molecular weight is 361 g/mol. The SMILES string of the molecule is Cc1cc(O[C@H](C)C(=O)N2CCN(c3cccc[nH+]3)CC2)ccc1Cl. The number of halogens is 1. The summed E-state index contributed by atoms with van der Waals surface area (Å²) in [6.45, 7) is 6.70. The predicted molar refractivity (Wildman–Crippen MR) is 98.1 cm³/mol. The lowest BCUT2D eigenvalue weighted by molar-refractivity contribution is -0.364. The number of piperazine rings is 1. The van der Waals surface area contributed by atoms with Crippen LogP contribution in [0.4, 0.5) is 5.82 Å². The van der Waals surface area contributed by atoms with Gasteiger partial charge in [0.2, 0.25) is 0 Å². The van der Waals surface area contributed by atoms with Crippen molar-refractivity contribution in [3.63, 3.8) is 0 Å². The van der Waals surface area contributed by atoms with Crippen LogP contribution in [-0.2, 0) is 4.79 Å². The fourth-order valence-corrected chi connectivity index (χ4v) is 3.07. The zero-order valence-corrected chi connectivity index (χ0v) is 15.3. The zero-order chi connectivity index (χ0) is 17.8. The molecule has 6 heteroatoms. The Kier molecular flexibility index (Phi) is 5.43. The number of aryl methyl sites for hydroxylation is 1. The molecule has 1 N–H and O–H groups in total. The summed E-state index contributed by atoms with van der Waals surface area (Å²) in [6, 6.07) is 11.5. The molecule has 2 heterocycles. The minimum Gasteiger partial charge on any atom is -0.481 e. The van der Waals surface area contributed by atoms with Gasteiger partial charge in [-0.1, -0.05) is 17.7 Å². The van der Waals surface area contributed by atoms with E-state index in [1.54, 1.807) is 19.1 Å². The van der Waals surface area contributed by atoms with Gasteiger partial charge in [-0.15, -0.1) is 0 Å². The van der Waals surface area contributed by atoms with Crippen LogP contribution in [0.1, 0.15) is 12.5 Å². The van der Waals surface area contributed by atoms with E-state index in [1.165, 1.54) is 0 Å². The highest BCUT2D eigenvalue weighted by molar-refractivity contribution is 6.31. The van der Waals surface area contributed by atoms with Crippen LogP contribution in [0.15, 0.2) is 42.6 Å². The number of anilines is 1. The molecule has 1 aromatic heterocycles. The Bertz CT molecular complexity index is 731. The largest absolute Gasteiger partial charge is 0.481 e. The fourth-order valence-electron chi connectivity index (χ4n) is 2.95. The molecule has 1 saturated heterocycles. The summed E-state index contributed by atoms with van der Waals surface area (Å²) in [5, 5.41) is 0.695. The average Bonchev–Trinajstić information content (AvgIpc) is 2.65. The summed E-state index contributed by atoms with van der Waals surface area (Å²) in [4.78, 5) is 20.0. The van der Waals surface area contributed by atoms with Crippen molar-refractivity contribution in [2.24, 2.45) is 0 Å². The highest BCUT2D eigenvalue weighted by atomic mass is 35.5. The second kappa shape index (κ2) is 7.74. The zero-order valence-electron chi connectivity index (χ0n) is 14.5. The van der Waals surface area contributed by atoms with Crippen LogP contribution in [0, 0.1) is 6.92 Å². The van der Waals surface area contributed by atoms with Crippen molar-refractivity contribution < 1.29 is 14.5 Å². The number of benzene rings is 1. The first-order valence-electron chi connectivity index (χ1n) is 8.48. The van der Waals surface area contributed by atoms with E-state index in [0.29, 0.717) is 23.9 Å². The standard InChI is InChI=1S/C19H22ClN3O2/c1-14-13-16(6-7-17(14)20)25-15(2)19(24)23-11-9-22(10-12-23)18-5-3-4-8-21-18/h3-8,13,15H,9-12H2,1-2H3/p+1/t15-/m1/s1. The van der Waals surface area contributed by atoms with Gasteiger partial charge in [0.25, 0.3) is 11.7 Å². The molecular weight excluding hydrogens is 338 g/mol. The number of ether oxygens (including phenoxy) is 1. The highest BCUT2D eigenvalue weighted by Gasteiger charge is 2.29. The van der Waals surface area contributed by atoms with Crippen LogP contribution in [-0.4, -0.2) is 43.1 Å². The first-order chi connectivity index (χ1) is 12.0. The summed E-state index contributed by atoms with van der Waals surface area (Å²) in [5.41, 5.74) is 0.937. The monoisotopic (exact) mass is 360 g/mol. The molecule has 0 aliphatic carbocycles. The molecule has 0 radical (unpaired) electrons. The molecule has 1 aliphatic heterocycles. The van der Waals surface area contributed by atoms with E-state index in [1.807, 2.05) is 42.3 Å². The number of pyridine rings is 1. The first-order valence-corrected chi connectivity index (χ1v) is 8.85. The maximum Gasteiger partial charge on any atom is 0.274 e. The second-order valence-corrected chi connectivity index (χ2v) is 6.64. The van der Waals surface area contributed by atoms with Crippen LogP contribution < -0.4 is 14.6 Å². The van der Waals surface area contributed by atoms with Crippen molar-refractivity contribution in [3.05, 3.63) is 53.2 Å². The van der Waals surface area contributed by atoms with E-state index in [9.17, 15) is 4.79 Å². The van der Waals surface area contributed by atoms with Crippen molar-refractivity contribution in [1.29, 1.82) is 0 Å². The van der Waals surface area contributed by atoms with Gasteiger partial charge in [-0.2, -0.15) is 0 Å². The molecule has 2 aromatic rings. The van der Waals surface area contributed by atoms with Crippen LogP contribution in [0.2, 0.25) is 5.02 Å². The number of nitrogens with one attached hydrogen (secondary N) is 1. The van der Waals surface area contributed by atoms with E-state index in [4.69, 9.17) is 16.3 Å². The van der Waals surface area contributed by atoms with Crippen LogP contribution >= 0.6 is 11.6 Å². The van der Waals surface area contributed by atoms with Gasteiger partial charge in [0.05, 0.1) is 19.3 Å². The number of hydrogen-bond donors (Lipinski definition) is 0. The number of rotatable bonds is 4. The summed E-state index contributed by atoms with van der Waals surface area (Å²) < 4.78 is 5.81. The molecule has 1 amide bonds. The molecule has 3 rings (SSSR count). The molecular formula is C19H23ClN3O2+. The molecule has 0 spiro atoms. The number of hydrogen-bond acceptors (Lipinski definition) is 3. The Morgan fingerprint density at radius 1 is 1.20 bits per heavy atom. The molecule has 1 aliphatic rings. The van der Waals surface area contributed by atoms with Gasteiger partial charge in [0.1, 0.15) is 18.8 Å². The highest BCUT2D eigenvalue weighted by Crippen LogP contribution is 2.22. The third-order valence-electron chi connectivity index (χ3n) is 4.41. The Balaban J connectivity index is 1.55. The number of amides is 1. The van der Waals surface area contributed by atoms with Crippen molar-refractivity contribution >= 4 is 23.3 Å². The van der Waals surface area contributed by atoms with Crippen LogP contribution in [0.3, 0.4) is 0 Å². The Morgan fingerprint density at radius 2 is 1.96 bits per heavy atom. The summed E-state index contributed by atoms with van der Waals surface area (Å²) in [6.07, 6.45) is 1.40. The Labute approximate surface area is 153 Å². The number of aromatic amines is 1. The summed E-state index contributed by atoms with van der Waals surface area (Å²) >= 11 is 6.03. The molecule has 1 atom stereocenters. The number of nitrogens with zero attached hydrogens (tertiary/aromatic N) is 2. The lowest BCUT2D eigenvalue weighted by Crippen LogP contribution is -2.52. The lowest BCUT2D eigenvalue weighted by Gasteiger charge is -2.32.